The summed E-state index contributed by atoms with van der Waals surface area (Å²) in [5, 5.41) is 25.8. The highest BCUT2D eigenvalue weighted by atomic mass is 32.1. The number of nitro benzene ring substituents is 1. The van der Waals surface area contributed by atoms with Crippen molar-refractivity contribution >= 4 is 51.2 Å². The predicted octanol–water partition coefficient (Wildman–Crippen LogP) is 4.37. The van der Waals surface area contributed by atoms with Gasteiger partial charge in [0, 0.05) is 34.8 Å². The van der Waals surface area contributed by atoms with Crippen LogP contribution in [0.3, 0.4) is 0 Å². The number of hydrogen-bond acceptors (Lipinski definition) is 12. The molecule has 0 spiro atoms. The summed E-state index contributed by atoms with van der Waals surface area (Å²) in [6.45, 7) is 0. The molecule has 2 heterocycles. The van der Waals surface area contributed by atoms with Crippen LogP contribution in [0.2, 0.25) is 0 Å². The molecule has 0 unspecified atom stereocenters. The largest absolute Gasteiger partial charge is 0.465 e. The Morgan fingerprint density at radius 3 is 2.42 bits per heavy atom. The van der Waals surface area contributed by atoms with Crippen LogP contribution in [0.25, 0.3) is 27.8 Å². The molecule has 2 aromatic heterocycles. The SMILES string of the molecule is COC(=O)c1cc(N/C=C(/C#N)c2nc(-c3cc4cc([N+](=O)[O-])ccc4oc3=O)cs2)cc(C(=O)OC)c1. The third-order valence-corrected chi connectivity index (χ3v) is 6.09. The first-order chi connectivity index (χ1) is 18.2. The van der Waals surface area contributed by atoms with Gasteiger partial charge in [-0.2, -0.15) is 5.26 Å². The summed E-state index contributed by atoms with van der Waals surface area (Å²) in [6.07, 6.45) is 1.33. The van der Waals surface area contributed by atoms with Gasteiger partial charge in [-0.15, -0.1) is 11.3 Å². The van der Waals surface area contributed by atoms with E-state index >= 15 is 0 Å². The monoisotopic (exact) mass is 532 g/mol. The molecule has 0 aliphatic rings. The summed E-state index contributed by atoms with van der Waals surface area (Å²) < 4.78 is 14.7. The van der Waals surface area contributed by atoms with Crippen molar-refractivity contribution < 1.29 is 28.4 Å². The molecule has 0 bridgehead atoms. The minimum absolute atomic E-state index is 0.0687. The molecule has 0 fully saturated rings. The number of esters is 2. The lowest BCUT2D eigenvalue weighted by molar-refractivity contribution is -0.384. The van der Waals surface area contributed by atoms with E-state index in [1.807, 2.05) is 6.07 Å². The van der Waals surface area contributed by atoms with Crippen LogP contribution in [0.5, 0.6) is 0 Å². The maximum atomic E-state index is 12.5. The van der Waals surface area contributed by atoms with E-state index in [0.29, 0.717) is 11.1 Å². The number of non-ortho nitro benzene ring substituents is 1. The third-order valence-electron chi connectivity index (χ3n) is 5.22. The molecule has 0 saturated carbocycles. The molecule has 0 aliphatic carbocycles. The number of carbonyl (C=O) groups excluding carboxylic acids is 2. The van der Waals surface area contributed by atoms with Crippen LogP contribution in [-0.2, 0) is 9.47 Å². The average Bonchev–Trinajstić information content (AvgIpc) is 3.41. The third kappa shape index (κ3) is 5.25. The lowest BCUT2D eigenvalue weighted by Gasteiger charge is -2.08. The van der Waals surface area contributed by atoms with E-state index in [4.69, 9.17) is 13.9 Å². The number of fused-ring (bicyclic) bond motifs is 1. The Balaban J connectivity index is 1.67. The van der Waals surface area contributed by atoms with Crippen molar-refractivity contribution in [3.63, 3.8) is 0 Å². The van der Waals surface area contributed by atoms with Crippen LogP contribution in [0.1, 0.15) is 25.7 Å². The summed E-state index contributed by atoms with van der Waals surface area (Å²) in [7, 11) is 2.40. The fourth-order valence-corrected chi connectivity index (χ4v) is 4.19. The number of rotatable bonds is 7. The quantitative estimate of drug-likeness (QED) is 0.118. The first kappa shape index (κ1) is 25.7. The van der Waals surface area contributed by atoms with Crippen molar-refractivity contribution in [2.75, 3.05) is 19.5 Å². The molecule has 0 atom stereocenters. The summed E-state index contributed by atoms with van der Waals surface area (Å²) >= 11 is 1.08. The van der Waals surface area contributed by atoms with Crippen molar-refractivity contribution in [1.82, 2.24) is 4.98 Å². The Bertz CT molecular complexity index is 1700. The van der Waals surface area contributed by atoms with Crippen molar-refractivity contribution in [3.8, 4) is 17.3 Å². The van der Waals surface area contributed by atoms with Gasteiger partial charge in [-0.05, 0) is 30.3 Å². The molecule has 1 N–H and O–H groups in total. The van der Waals surface area contributed by atoms with E-state index in [-0.39, 0.29) is 44.2 Å². The number of hydrogen-bond donors (Lipinski definition) is 1. The number of ether oxygens (including phenoxy) is 2. The molecule has 13 heteroatoms. The highest BCUT2D eigenvalue weighted by Gasteiger charge is 2.17. The van der Waals surface area contributed by atoms with Crippen molar-refractivity contribution in [1.29, 1.82) is 5.26 Å². The van der Waals surface area contributed by atoms with E-state index in [1.165, 1.54) is 62.9 Å². The van der Waals surface area contributed by atoms with E-state index in [2.05, 4.69) is 10.3 Å². The Hall–Kier alpha value is -5.35. The number of methoxy groups -OCH3 is 2. The van der Waals surface area contributed by atoms with Gasteiger partial charge < -0.3 is 19.2 Å². The van der Waals surface area contributed by atoms with E-state index in [0.717, 1.165) is 11.3 Å². The number of aromatic nitrogens is 1. The summed E-state index contributed by atoms with van der Waals surface area (Å²) in [4.78, 5) is 51.4. The van der Waals surface area contributed by atoms with Crippen LogP contribution >= 0.6 is 11.3 Å². The molecule has 0 radical (unpaired) electrons. The fourth-order valence-electron chi connectivity index (χ4n) is 3.40. The number of carbonyl (C=O) groups is 2. The van der Waals surface area contributed by atoms with Gasteiger partial charge in [0.1, 0.15) is 22.2 Å². The Kier molecular flexibility index (Phi) is 7.26. The van der Waals surface area contributed by atoms with Gasteiger partial charge in [0.2, 0.25) is 0 Å². The normalized spacial score (nSPS) is 11.0. The number of allylic oxidation sites excluding steroid dienone is 1. The zero-order chi connectivity index (χ0) is 27.4. The topological polar surface area (TPSA) is 175 Å². The van der Waals surface area contributed by atoms with E-state index in [1.54, 1.807) is 5.38 Å². The molecule has 190 valence electrons. The molecule has 12 nitrogen and oxygen atoms in total. The molecule has 38 heavy (non-hydrogen) atoms. The van der Waals surface area contributed by atoms with Gasteiger partial charge in [0.25, 0.3) is 5.69 Å². The standard InChI is InChI=1S/C25H16N4O8S/c1-35-23(30)14-5-15(24(31)36-2)7-17(6-14)27-11-16(10-26)22-28-20(12-38-22)19-9-13-8-18(29(33)34)3-4-21(13)37-25(19)32/h3-9,11-12,27H,1-2H3/b16-11-. The van der Waals surface area contributed by atoms with Crippen LogP contribution < -0.4 is 10.9 Å². The highest BCUT2D eigenvalue weighted by molar-refractivity contribution is 7.11. The lowest BCUT2D eigenvalue weighted by atomic mass is 10.1. The van der Waals surface area contributed by atoms with Crippen molar-refractivity contribution in [2.45, 2.75) is 0 Å². The Labute approximate surface area is 217 Å². The number of nitro groups is 1. The first-order valence-corrected chi connectivity index (χ1v) is 11.5. The van der Waals surface area contributed by atoms with Crippen molar-refractivity contribution in [3.05, 3.63) is 90.7 Å². The smallest absolute Gasteiger partial charge is 0.345 e. The minimum atomic E-state index is -0.696. The lowest BCUT2D eigenvalue weighted by Crippen LogP contribution is -2.07. The number of thiazole rings is 1. The van der Waals surface area contributed by atoms with E-state index in [9.17, 15) is 29.8 Å². The Morgan fingerprint density at radius 1 is 1.13 bits per heavy atom. The number of nitrogens with zero attached hydrogens (tertiary/aromatic N) is 3. The van der Waals surface area contributed by atoms with Gasteiger partial charge in [-0.1, -0.05) is 0 Å². The van der Waals surface area contributed by atoms with Gasteiger partial charge in [-0.25, -0.2) is 19.4 Å². The summed E-state index contributed by atoms with van der Waals surface area (Å²) in [6, 6.07) is 11.5. The molecule has 4 aromatic rings. The first-order valence-electron chi connectivity index (χ1n) is 10.6. The maximum absolute atomic E-state index is 12.5. The second-order valence-corrected chi connectivity index (χ2v) is 8.42. The maximum Gasteiger partial charge on any atom is 0.345 e. The molecule has 0 saturated heterocycles. The molecule has 0 aliphatic heterocycles. The Morgan fingerprint density at radius 2 is 1.82 bits per heavy atom. The molecular formula is C25H16N4O8S. The van der Waals surface area contributed by atoms with Crippen LogP contribution in [-0.4, -0.2) is 36.1 Å². The molecular weight excluding hydrogens is 516 g/mol. The van der Waals surface area contributed by atoms with Gasteiger partial charge in [-0.3, -0.25) is 10.1 Å². The van der Waals surface area contributed by atoms with Crippen LogP contribution in [0.4, 0.5) is 11.4 Å². The molecule has 2 aromatic carbocycles. The van der Waals surface area contributed by atoms with Crippen molar-refractivity contribution in [2.24, 2.45) is 0 Å². The number of nitrogens with one attached hydrogen (secondary N) is 1. The number of benzene rings is 2. The zero-order valence-electron chi connectivity index (χ0n) is 19.7. The predicted molar refractivity (Wildman–Crippen MR) is 137 cm³/mol. The van der Waals surface area contributed by atoms with E-state index < -0.39 is 22.5 Å². The van der Waals surface area contributed by atoms with Gasteiger partial charge in [0.15, 0.2) is 0 Å². The molecule has 0 amide bonds. The highest BCUT2D eigenvalue weighted by Crippen LogP contribution is 2.28. The molecule has 4 rings (SSSR count). The summed E-state index contributed by atoms with van der Waals surface area (Å²) in [5.74, 6) is -1.35. The average molecular weight is 532 g/mol. The van der Waals surface area contributed by atoms with Crippen LogP contribution in [0.15, 0.2) is 63.3 Å². The van der Waals surface area contributed by atoms with Crippen LogP contribution in [0, 0.1) is 21.4 Å². The van der Waals surface area contributed by atoms with Gasteiger partial charge >= 0.3 is 17.6 Å². The number of nitriles is 1. The minimum Gasteiger partial charge on any atom is -0.465 e. The zero-order valence-corrected chi connectivity index (χ0v) is 20.5. The fraction of sp³-hybridized carbons (Fsp3) is 0.0800. The summed E-state index contributed by atoms with van der Waals surface area (Å²) in [5.41, 5.74) is 0.173. The second kappa shape index (κ2) is 10.7. The number of anilines is 1. The van der Waals surface area contributed by atoms with Gasteiger partial charge in [0.05, 0.1) is 41.5 Å². The second-order valence-electron chi connectivity index (χ2n) is 7.56.